The predicted octanol–water partition coefficient (Wildman–Crippen LogP) is 3.33. The number of carbonyl (C=O) groups is 1. The molecular formula is C25H24F3N9O2. The lowest BCUT2D eigenvalue weighted by atomic mass is 10.2. The number of aromatic nitrogens is 6. The van der Waals surface area contributed by atoms with E-state index in [1.807, 2.05) is 11.9 Å². The summed E-state index contributed by atoms with van der Waals surface area (Å²) in [7, 11) is 1.98. The van der Waals surface area contributed by atoms with Crippen LogP contribution in [-0.4, -0.2) is 80.3 Å². The Labute approximate surface area is 221 Å². The van der Waals surface area contributed by atoms with Gasteiger partial charge >= 0.3 is 6.36 Å². The van der Waals surface area contributed by atoms with E-state index in [9.17, 15) is 18.0 Å². The fourth-order valence-corrected chi connectivity index (χ4v) is 4.12. The van der Waals surface area contributed by atoms with Gasteiger partial charge in [0.2, 0.25) is 0 Å². The second kappa shape index (κ2) is 10.6. The molecule has 39 heavy (non-hydrogen) atoms. The number of amides is 1. The Kier molecular flexibility index (Phi) is 7.11. The van der Waals surface area contributed by atoms with Crippen LogP contribution in [0.4, 0.5) is 24.5 Å². The molecule has 202 valence electrons. The van der Waals surface area contributed by atoms with Crippen LogP contribution in [0, 0.1) is 6.92 Å². The summed E-state index contributed by atoms with van der Waals surface area (Å²) in [6, 6.07) is 5.66. The molecule has 1 fully saturated rings. The van der Waals surface area contributed by atoms with E-state index in [1.165, 1.54) is 23.3 Å². The Morgan fingerprint density at radius 1 is 1.03 bits per heavy atom. The van der Waals surface area contributed by atoms with Crippen molar-refractivity contribution in [1.82, 2.24) is 34.8 Å². The lowest BCUT2D eigenvalue weighted by Crippen LogP contribution is -2.44. The Morgan fingerprint density at radius 3 is 2.49 bits per heavy atom. The van der Waals surface area contributed by atoms with Gasteiger partial charge in [0.25, 0.3) is 5.91 Å². The minimum atomic E-state index is -4.87. The van der Waals surface area contributed by atoms with Crippen LogP contribution in [0.1, 0.15) is 16.1 Å². The van der Waals surface area contributed by atoms with Crippen LogP contribution in [0.3, 0.4) is 0 Å². The van der Waals surface area contributed by atoms with E-state index in [1.54, 1.807) is 37.6 Å². The van der Waals surface area contributed by atoms with Crippen LogP contribution < -0.4 is 15.0 Å². The Morgan fingerprint density at radius 2 is 1.77 bits per heavy atom. The van der Waals surface area contributed by atoms with Crippen molar-refractivity contribution in [3.05, 3.63) is 66.6 Å². The molecule has 1 saturated heterocycles. The number of aryl methyl sites for hydroxylation is 1. The number of ether oxygens (including phenoxy) is 1. The maximum atomic E-state index is 13.2. The van der Waals surface area contributed by atoms with Gasteiger partial charge in [-0.25, -0.2) is 14.6 Å². The minimum absolute atomic E-state index is 0.157. The monoisotopic (exact) mass is 539 g/mol. The normalized spacial score (nSPS) is 14.3. The molecule has 0 bridgehead atoms. The van der Waals surface area contributed by atoms with E-state index in [0.29, 0.717) is 41.4 Å². The highest BCUT2D eigenvalue weighted by atomic mass is 19.4. The fourth-order valence-electron chi connectivity index (χ4n) is 4.12. The second-order valence-electron chi connectivity index (χ2n) is 9.01. The van der Waals surface area contributed by atoms with E-state index < -0.39 is 18.0 Å². The largest absolute Gasteiger partial charge is 0.573 e. The first-order valence-corrected chi connectivity index (χ1v) is 11.9. The molecular weight excluding hydrogens is 515 g/mol. The topological polar surface area (TPSA) is 114 Å². The Balaban J connectivity index is 1.40. The van der Waals surface area contributed by atoms with Crippen LogP contribution in [0.5, 0.6) is 5.75 Å². The zero-order valence-electron chi connectivity index (χ0n) is 21.1. The summed E-state index contributed by atoms with van der Waals surface area (Å²) >= 11 is 0. The molecule has 4 heterocycles. The van der Waals surface area contributed by atoms with Crippen molar-refractivity contribution in [2.75, 3.05) is 43.4 Å². The molecule has 1 N–H and O–H groups in total. The van der Waals surface area contributed by atoms with Gasteiger partial charge in [-0.3, -0.25) is 9.78 Å². The summed E-state index contributed by atoms with van der Waals surface area (Å²) in [6.45, 7) is 4.51. The molecule has 11 nitrogen and oxygen atoms in total. The molecule has 0 aliphatic carbocycles. The molecule has 14 heteroatoms. The van der Waals surface area contributed by atoms with Crippen molar-refractivity contribution in [3.63, 3.8) is 0 Å². The molecule has 0 radical (unpaired) electrons. The fraction of sp³-hybridized carbons (Fsp3) is 0.280. The van der Waals surface area contributed by atoms with E-state index >= 15 is 0 Å². The van der Waals surface area contributed by atoms with E-state index in [0.717, 1.165) is 19.2 Å². The molecule has 0 saturated carbocycles. The van der Waals surface area contributed by atoms with Gasteiger partial charge in [0.05, 0.1) is 23.1 Å². The summed E-state index contributed by atoms with van der Waals surface area (Å²) in [5.74, 6) is -0.981. The van der Waals surface area contributed by atoms with Gasteiger partial charge in [-0.2, -0.15) is 0 Å². The van der Waals surface area contributed by atoms with Gasteiger partial charge in [-0.1, -0.05) is 5.21 Å². The first-order valence-electron chi connectivity index (χ1n) is 11.9. The van der Waals surface area contributed by atoms with Gasteiger partial charge in [-0.15, -0.1) is 18.3 Å². The molecule has 1 aliphatic heterocycles. The zero-order chi connectivity index (χ0) is 27.6. The molecule has 5 rings (SSSR count). The maximum absolute atomic E-state index is 13.2. The lowest BCUT2D eigenvalue weighted by molar-refractivity contribution is -0.274. The van der Waals surface area contributed by atoms with Gasteiger partial charge in [0, 0.05) is 73.8 Å². The van der Waals surface area contributed by atoms with Crippen molar-refractivity contribution >= 4 is 17.3 Å². The SMILES string of the molecule is Cc1ncc(C(=O)Nc2cc(OC(F)(F)F)cc(N3CCN(C)CC3)c2)cc1-n1cc(-c2cncnc2)nn1. The standard InChI is InChI=1S/C25H24F3N9O2/c1-16-23(37-14-22(33-34-37)18-11-29-15-30-12-18)7-17(13-31-16)24(38)32-19-8-20(36-5-3-35(2)4-6-36)10-21(9-19)39-25(26,27)28/h7-15H,3-6H2,1-2H3,(H,32,38). The number of likely N-dealkylation sites (N-methyl/N-ethyl adjacent to an activating group) is 1. The van der Waals surface area contributed by atoms with Gasteiger partial charge < -0.3 is 19.9 Å². The average molecular weight is 540 g/mol. The summed E-state index contributed by atoms with van der Waals surface area (Å²) in [6.07, 6.45) is 2.77. The van der Waals surface area contributed by atoms with Crippen molar-refractivity contribution in [2.24, 2.45) is 0 Å². The number of carbonyl (C=O) groups excluding carboxylic acids is 1. The van der Waals surface area contributed by atoms with Crippen molar-refractivity contribution in [3.8, 4) is 22.7 Å². The number of alkyl halides is 3. The smallest absolute Gasteiger partial charge is 0.406 e. The number of hydrogen-bond donors (Lipinski definition) is 1. The van der Waals surface area contributed by atoms with Crippen molar-refractivity contribution < 1.29 is 22.7 Å². The van der Waals surface area contributed by atoms with Crippen molar-refractivity contribution in [2.45, 2.75) is 13.3 Å². The van der Waals surface area contributed by atoms with Crippen LogP contribution in [0.25, 0.3) is 16.9 Å². The highest BCUT2D eigenvalue weighted by molar-refractivity contribution is 6.04. The first-order chi connectivity index (χ1) is 18.6. The third kappa shape index (κ3) is 6.29. The Bertz CT molecular complexity index is 1470. The van der Waals surface area contributed by atoms with E-state index in [4.69, 9.17) is 0 Å². The quantitative estimate of drug-likeness (QED) is 0.394. The molecule has 1 aliphatic rings. The number of hydrogen-bond acceptors (Lipinski definition) is 9. The molecule has 4 aromatic rings. The average Bonchev–Trinajstić information content (AvgIpc) is 3.39. The van der Waals surface area contributed by atoms with Crippen LogP contribution in [0.2, 0.25) is 0 Å². The molecule has 3 aromatic heterocycles. The highest BCUT2D eigenvalue weighted by Gasteiger charge is 2.32. The number of piperazine rings is 1. The van der Waals surface area contributed by atoms with Crippen molar-refractivity contribution in [1.29, 1.82) is 0 Å². The zero-order valence-corrected chi connectivity index (χ0v) is 21.1. The van der Waals surface area contributed by atoms with Gasteiger partial charge in [-0.05, 0) is 26.1 Å². The summed E-state index contributed by atoms with van der Waals surface area (Å²) in [4.78, 5) is 29.5. The number of nitrogens with one attached hydrogen (secondary N) is 1. The number of anilines is 2. The third-order valence-corrected chi connectivity index (χ3v) is 6.17. The van der Waals surface area contributed by atoms with E-state index in [2.05, 4.69) is 40.2 Å². The number of halogens is 3. The van der Waals surface area contributed by atoms with E-state index in [-0.39, 0.29) is 11.3 Å². The molecule has 1 amide bonds. The van der Waals surface area contributed by atoms with Gasteiger partial charge in [0.15, 0.2) is 0 Å². The number of pyridine rings is 1. The summed E-state index contributed by atoms with van der Waals surface area (Å²) < 4.78 is 44.7. The van der Waals surface area contributed by atoms with Crippen LogP contribution >= 0.6 is 0 Å². The molecule has 0 unspecified atom stereocenters. The minimum Gasteiger partial charge on any atom is -0.406 e. The van der Waals surface area contributed by atoms with Gasteiger partial charge in [0.1, 0.15) is 17.8 Å². The second-order valence-corrected chi connectivity index (χ2v) is 9.01. The first kappa shape index (κ1) is 26.0. The molecule has 0 spiro atoms. The summed E-state index contributed by atoms with van der Waals surface area (Å²) in [5.41, 5.74) is 3.14. The lowest BCUT2D eigenvalue weighted by Gasteiger charge is -2.34. The van der Waals surface area contributed by atoms with Crippen LogP contribution in [0.15, 0.2) is 55.4 Å². The predicted molar refractivity (Wildman–Crippen MR) is 136 cm³/mol. The number of rotatable bonds is 6. The maximum Gasteiger partial charge on any atom is 0.573 e. The third-order valence-electron chi connectivity index (χ3n) is 6.17. The Hall–Kier alpha value is -4.59. The highest BCUT2D eigenvalue weighted by Crippen LogP contribution is 2.32. The van der Waals surface area contributed by atoms with Crippen LogP contribution in [-0.2, 0) is 0 Å². The number of nitrogens with zero attached hydrogens (tertiary/aromatic N) is 8. The molecule has 0 atom stereocenters. The molecule has 1 aromatic carbocycles. The number of benzene rings is 1. The summed E-state index contributed by atoms with van der Waals surface area (Å²) in [5, 5.41) is 10.9.